The predicted molar refractivity (Wildman–Crippen MR) is 67.1 cm³/mol. The van der Waals surface area contributed by atoms with Crippen LogP contribution in [0.25, 0.3) is 0 Å². The van der Waals surface area contributed by atoms with Crippen LogP contribution in [0.15, 0.2) is 18.3 Å². The summed E-state index contributed by atoms with van der Waals surface area (Å²) in [7, 11) is 1.23. The molecule has 0 bridgehead atoms. The fraction of sp³-hybridized carbons (Fsp3) is 0.417. The lowest BCUT2D eigenvalue weighted by Crippen LogP contribution is -2.42. The first kappa shape index (κ1) is 15.9. The van der Waals surface area contributed by atoms with Gasteiger partial charge in [-0.25, -0.2) is 9.78 Å². The number of carbonyl (C=O) groups excluding carboxylic acids is 1. The Kier molecular flexibility index (Phi) is 5.88. The molecule has 0 saturated carbocycles. The van der Waals surface area contributed by atoms with Crippen LogP contribution in [-0.4, -0.2) is 58.5 Å². The van der Waals surface area contributed by atoms with Crippen molar-refractivity contribution >= 4 is 11.9 Å². The smallest absolute Gasteiger partial charge is 0.379 e. The number of nitrogens with zero attached hydrogens (tertiary/aromatic N) is 2. The lowest BCUT2D eigenvalue weighted by atomic mass is 10.3. The Morgan fingerprint density at radius 1 is 1.50 bits per heavy atom. The molecule has 0 amide bonds. The molecule has 1 aromatic heterocycles. The Hall–Kier alpha value is -2.19. The first-order chi connectivity index (χ1) is 9.51. The minimum Gasteiger partial charge on any atom is -0.491 e. The summed E-state index contributed by atoms with van der Waals surface area (Å²) in [6.45, 7) is 1.40. The van der Waals surface area contributed by atoms with Gasteiger partial charge in [-0.2, -0.15) is 0 Å². The van der Waals surface area contributed by atoms with Gasteiger partial charge in [0.05, 0.1) is 13.2 Å². The van der Waals surface area contributed by atoms with Gasteiger partial charge in [0, 0.05) is 13.2 Å². The van der Waals surface area contributed by atoms with E-state index in [2.05, 4.69) is 4.98 Å². The van der Waals surface area contributed by atoms with Crippen LogP contribution in [0.4, 0.5) is 0 Å². The number of aliphatic carboxylic acids is 1. The third-order valence-electron chi connectivity index (χ3n) is 2.39. The average Bonchev–Trinajstić information content (AvgIpc) is 2.39. The van der Waals surface area contributed by atoms with E-state index in [0.29, 0.717) is 6.61 Å². The third kappa shape index (κ3) is 3.90. The SMILES string of the molecule is CCOc1cccnc1C(=O)ON(C)[C@@H](CO)C(=O)O. The number of carboxylic acid groups (broad SMARTS) is 1. The Bertz CT molecular complexity index is 479. The summed E-state index contributed by atoms with van der Waals surface area (Å²) in [6.07, 6.45) is 1.39. The topological polar surface area (TPSA) is 109 Å². The van der Waals surface area contributed by atoms with Gasteiger partial charge in [0.2, 0.25) is 0 Å². The van der Waals surface area contributed by atoms with Gasteiger partial charge in [-0.3, -0.25) is 4.79 Å². The monoisotopic (exact) mass is 284 g/mol. The van der Waals surface area contributed by atoms with Crippen LogP contribution >= 0.6 is 0 Å². The Morgan fingerprint density at radius 2 is 2.20 bits per heavy atom. The lowest BCUT2D eigenvalue weighted by Gasteiger charge is -2.21. The highest BCUT2D eigenvalue weighted by atomic mass is 16.7. The molecule has 20 heavy (non-hydrogen) atoms. The summed E-state index contributed by atoms with van der Waals surface area (Å²) in [5.74, 6) is -1.94. The van der Waals surface area contributed by atoms with Crippen molar-refractivity contribution in [1.29, 1.82) is 0 Å². The number of aromatic nitrogens is 1. The van der Waals surface area contributed by atoms with Crippen LogP contribution in [0.1, 0.15) is 17.4 Å². The fourth-order valence-corrected chi connectivity index (χ4v) is 1.40. The van der Waals surface area contributed by atoms with E-state index in [1.54, 1.807) is 19.1 Å². The van der Waals surface area contributed by atoms with E-state index in [1.165, 1.54) is 13.2 Å². The van der Waals surface area contributed by atoms with Gasteiger partial charge in [0.15, 0.2) is 17.5 Å². The molecule has 8 heteroatoms. The van der Waals surface area contributed by atoms with Crippen LogP contribution in [-0.2, 0) is 9.63 Å². The van der Waals surface area contributed by atoms with Crippen molar-refractivity contribution in [2.24, 2.45) is 0 Å². The van der Waals surface area contributed by atoms with Crippen LogP contribution in [0.2, 0.25) is 0 Å². The van der Waals surface area contributed by atoms with Crippen LogP contribution in [0.3, 0.4) is 0 Å². The first-order valence-corrected chi connectivity index (χ1v) is 5.87. The number of likely N-dealkylation sites (N-methyl/N-ethyl adjacent to an activating group) is 1. The number of hydrogen-bond acceptors (Lipinski definition) is 7. The normalized spacial score (nSPS) is 12.0. The van der Waals surface area contributed by atoms with Gasteiger partial charge in [0.25, 0.3) is 0 Å². The molecule has 2 N–H and O–H groups in total. The van der Waals surface area contributed by atoms with Crippen molar-refractivity contribution in [3.05, 3.63) is 24.0 Å². The molecule has 0 radical (unpaired) electrons. The molecule has 0 aliphatic heterocycles. The number of carbonyl (C=O) groups is 2. The summed E-state index contributed by atoms with van der Waals surface area (Å²) >= 11 is 0. The van der Waals surface area contributed by atoms with Crippen molar-refractivity contribution in [3.8, 4) is 5.75 Å². The number of pyridine rings is 1. The number of hydrogen-bond donors (Lipinski definition) is 2. The molecule has 1 aromatic rings. The van der Waals surface area contributed by atoms with Crippen molar-refractivity contribution in [3.63, 3.8) is 0 Å². The van der Waals surface area contributed by atoms with Gasteiger partial charge in [-0.05, 0) is 19.1 Å². The standard InChI is InChI=1S/C12H16N2O6/c1-3-19-9-5-4-6-13-10(9)12(18)20-14(2)8(7-15)11(16)17/h4-6,8,15H,3,7H2,1-2H3,(H,16,17)/t8-/m0/s1. The fourth-order valence-electron chi connectivity index (χ4n) is 1.40. The minimum atomic E-state index is -1.35. The molecular formula is C12H16N2O6. The summed E-state index contributed by atoms with van der Waals surface area (Å²) in [5.41, 5.74) is -0.0664. The van der Waals surface area contributed by atoms with E-state index >= 15 is 0 Å². The molecule has 0 fully saturated rings. The van der Waals surface area contributed by atoms with Gasteiger partial charge in [-0.1, -0.05) is 0 Å². The van der Waals surface area contributed by atoms with E-state index in [-0.39, 0.29) is 11.4 Å². The Balaban J connectivity index is 2.83. The average molecular weight is 284 g/mol. The number of aliphatic hydroxyl groups is 1. The molecule has 0 saturated heterocycles. The molecule has 8 nitrogen and oxygen atoms in total. The molecule has 0 aliphatic carbocycles. The summed E-state index contributed by atoms with van der Waals surface area (Å²) in [4.78, 5) is 31.4. The summed E-state index contributed by atoms with van der Waals surface area (Å²) < 4.78 is 5.23. The number of rotatable bonds is 7. The van der Waals surface area contributed by atoms with Crippen molar-refractivity contribution < 1.29 is 29.4 Å². The molecular weight excluding hydrogens is 268 g/mol. The van der Waals surface area contributed by atoms with Gasteiger partial charge in [-0.15, -0.1) is 5.06 Å². The second-order valence-electron chi connectivity index (χ2n) is 3.74. The van der Waals surface area contributed by atoms with Gasteiger partial charge >= 0.3 is 11.9 Å². The lowest BCUT2D eigenvalue weighted by molar-refractivity contribution is -0.168. The number of aliphatic hydroxyl groups excluding tert-OH is 1. The maximum absolute atomic E-state index is 11.9. The number of ether oxygens (including phenoxy) is 1. The molecule has 1 rings (SSSR count). The highest BCUT2D eigenvalue weighted by Crippen LogP contribution is 2.17. The zero-order valence-electron chi connectivity index (χ0n) is 11.1. The Morgan fingerprint density at radius 3 is 2.75 bits per heavy atom. The largest absolute Gasteiger partial charge is 0.491 e. The van der Waals surface area contributed by atoms with E-state index in [4.69, 9.17) is 19.8 Å². The van der Waals surface area contributed by atoms with Gasteiger partial charge in [0.1, 0.15) is 0 Å². The highest BCUT2D eigenvalue weighted by molar-refractivity contribution is 5.90. The van der Waals surface area contributed by atoms with E-state index in [1.807, 2.05) is 0 Å². The molecule has 0 unspecified atom stereocenters. The quantitative estimate of drug-likeness (QED) is 0.670. The zero-order valence-corrected chi connectivity index (χ0v) is 11.1. The zero-order chi connectivity index (χ0) is 15.1. The second-order valence-corrected chi connectivity index (χ2v) is 3.74. The van der Waals surface area contributed by atoms with Crippen molar-refractivity contribution in [2.45, 2.75) is 13.0 Å². The number of hydroxylamine groups is 2. The molecule has 110 valence electrons. The maximum Gasteiger partial charge on any atom is 0.379 e. The maximum atomic E-state index is 11.9. The van der Waals surface area contributed by atoms with E-state index in [0.717, 1.165) is 5.06 Å². The van der Waals surface area contributed by atoms with Crippen LogP contribution in [0.5, 0.6) is 5.75 Å². The number of carboxylic acids is 1. The molecule has 1 heterocycles. The van der Waals surface area contributed by atoms with Crippen molar-refractivity contribution in [2.75, 3.05) is 20.3 Å². The molecule has 0 aromatic carbocycles. The van der Waals surface area contributed by atoms with Gasteiger partial charge < -0.3 is 19.8 Å². The molecule has 1 atom stereocenters. The predicted octanol–water partition coefficient (Wildman–Crippen LogP) is -0.0706. The third-order valence-corrected chi connectivity index (χ3v) is 2.39. The summed E-state index contributed by atoms with van der Waals surface area (Å²) in [6, 6.07) is 1.80. The summed E-state index contributed by atoms with van der Waals surface area (Å²) in [5, 5.41) is 18.5. The Labute approximate surface area is 115 Å². The molecule has 0 spiro atoms. The van der Waals surface area contributed by atoms with E-state index in [9.17, 15) is 9.59 Å². The minimum absolute atomic E-state index is 0.0664. The van der Waals surface area contributed by atoms with E-state index < -0.39 is 24.6 Å². The second kappa shape index (κ2) is 7.41. The molecule has 0 aliphatic rings. The highest BCUT2D eigenvalue weighted by Gasteiger charge is 2.27. The van der Waals surface area contributed by atoms with Crippen LogP contribution in [0, 0.1) is 0 Å². The van der Waals surface area contributed by atoms with Crippen molar-refractivity contribution in [1.82, 2.24) is 10.0 Å². The van der Waals surface area contributed by atoms with Crippen LogP contribution < -0.4 is 4.74 Å². The first-order valence-electron chi connectivity index (χ1n) is 5.87.